The quantitative estimate of drug-likeness (QED) is 0.759. The number of hydrogen-bond acceptors (Lipinski definition) is 4. The molecule has 0 saturated heterocycles. The lowest BCUT2D eigenvalue weighted by Crippen LogP contribution is -2.13. The Morgan fingerprint density at radius 2 is 1.72 bits per heavy atom. The Balaban J connectivity index is 2.71. The lowest BCUT2D eigenvalue weighted by Gasteiger charge is -2.03. The van der Waals surface area contributed by atoms with Gasteiger partial charge in [0.05, 0.1) is 17.3 Å². The summed E-state index contributed by atoms with van der Waals surface area (Å²) in [6.07, 6.45) is 0. The van der Waals surface area contributed by atoms with Crippen LogP contribution in [0.25, 0.3) is 11.3 Å². The molecule has 2 rings (SSSR count). The molecule has 86 valence electrons. The Bertz CT molecular complexity index is 787. The van der Waals surface area contributed by atoms with Crippen molar-refractivity contribution in [3.63, 3.8) is 0 Å². The van der Waals surface area contributed by atoms with E-state index in [0.717, 1.165) is 0 Å². The fourth-order valence-corrected chi connectivity index (χ4v) is 1.72. The Labute approximate surface area is 107 Å². The van der Waals surface area contributed by atoms with E-state index in [1.807, 2.05) is 12.1 Å². The molecule has 0 aliphatic carbocycles. The average molecular weight is 254 g/mol. The van der Waals surface area contributed by atoms with E-state index in [4.69, 9.17) is 22.7 Å². The van der Waals surface area contributed by atoms with Crippen LogP contribution in [0.15, 0.2) is 29.1 Å². The van der Waals surface area contributed by atoms with Crippen molar-refractivity contribution in [2.24, 2.45) is 0 Å². The van der Waals surface area contributed by atoms with Gasteiger partial charge in [-0.3, -0.25) is 9.78 Å². The third-order valence-corrected chi connectivity index (χ3v) is 2.56. The van der Waals surface area contributed by atoms with Crippen LogP contribution in [0.5, 0.6) is 0 Å². The van der Waals surface area contributed by atoms with Crippen molar-refractivity contribution >= 4 is 12.2 Å². The molecule has 1 aromatic carbocycles. The molecule has 0 aliphatic heterocycles. The van der Waals surface area contributed by atoms with E-state index in [1.54, 1.807) is 24.3 Å². The first-order valence-corrected chi connectivity index (χ1v) is 5.34. The number of H-pyrrole nitrogens is 2. The highest BCUT2D eigenvalue weighted by Crippen LogP contribution is 2.18. The number of nitrogens with zero attached hydrogens (tertiary/aromatic N) is 2. The minimum absolute atomic E-state index is 0.0340. The molecule has 0 amide bonds. The molecule has 0 bridgehead atoms. The largest absolute Gasteiger partial charge is 0.331 e. The van der Waals surface area contributed by atoms with Crippen molar-refractivity contribution in [3.05, 3.63) is 50.5 Å². The van der Waals surface area contributed by atoms with Crippen molar-refractivity contribution in [3.8, 4) is 23.4 Å². The predicted molar refractivity (Wildman–Crippen MR) is 67.1 cm³/mol. The Morgan fingerprint density at radius 3 is 2.28 bits per heavy atom. The van der Waals surface area contributed by atoms with E-state index in [9.17, 15) is 4.79 Å². The molecular formula is C12H6N4OS. The second-order valence-electron chi connectivity index (χ2n) is 3.46. The Hall–Kier alpha value is -2.70. The molecule has 0 spiro atoms. The van der Waals surface area contributed by atoms with Crippen molar-refractivity contribution in [2.45, 2.75) is 0 Å². The monoisotopic (exact) mass is 254 g/mol. The van der Waals surface area contributed by atoms with Crippen LogP contribution in [0.4, 0.5) is 0 Å². The zero-order valence-corrected chi connectivity index (χ0v) is 9.84. The van der Waals surface area contributed by atoms with Gasteiger partial charge in [0.25, 0.3) is 5.56 Å². The number of hydrogen-bond donors (Lipinski definition) is 2. The summed E-state index contributed by atoms with van der Waals surface area (Å²) in [6, 6.07) is 10.3. The van der Waals surface area contributed by atoms with Crippen LogP contribution >= 0.6 is 12.2 Å². The summed E-state index contributed by atoms with van der Waals surface area (Å²) in [5, 5.41) is 17.7. The number of aromatic amines is 2. The lowest BCUT2D eigenvalue weighted by atomic mass is 10.1. The van der Waals surface area contributed by atoms with E-state index in [-0.39, 0.29) is 10.3 Å². The maximum Gasteiger partial charge on any atom is 0.270 e. The summed E-state index contributed by atoms with van der Waals surface area (Å²) in [6.45, 7) is 0. The third-order valence-electron chi connectivity index (χ3n) is 2.36. The maximum atomic E-state index is 11.6. The number of rotatable bonds is 1. The first-order chi connectivity index (χ1) is 8.65. The molecule has 0 atom stereocenters. The van der Waals surface area contributed by atoms with E-state index in [0.29, 0.717) is 16.8 Å². The molecule has 2 N–H and O–H groups in total. The van der Waals surface area contributed by atoms with Gasteiger partial charge in [-0.05, 0) is 29.9 Å². The van der Waals surface area contributed by atoms with Gasteiger partial charge in [0.2, 0.25) is 0 Å². The molecule has 0 fully saturated rings. The van der Waals surface area contributed by atoms with Crippen molar-refractivity contribution in [1.29, 1.82) is 10.5 Å². The molecule has 5 nitrogen and oxygen atoms in total. The maximum absolute atomic E-state index is 11.6. The van der Waals surface area contributed by atoms with Gasteiger partial charge < -0.3 is 4.98 Å². The fourth-order valence-electron chi connectivity index (χ4n) is 1.52. The predicted octanol–water partition coefficient (Wildman–Crippen LogP) is 1.84. The highest BCUT2D eigenvalue weighted by atomic mass is 32.1. The van der Waals surface area contributed by atoms with Crippen LogP contribution in [-0.4, -0.2) is 9.97 Å². The molecule has 6 heteroatoms. The molecule has 0 radical (unpaired) electrons. The summed E-state index contributed by atoms with van der Waals surface area (Å²) in [5.74, 6) is 0. The van der Waals surface area contributed by atoms with Gasteiger partial charge in [-0.2, -0.15) is 10.5 Å². The molecule has 0 saturated carbocycles. The topological polar surface area (TPSA) is 96.2 Å². The van der Waals surface area contributed by atoms with Gasteiger partial charge in [0.1, 0.15) is 11.6 Å². The second kappa shape index (κ2) is 4.66. The van der Waals surface area contributed by atoms with Crippen LogP contribution in [0.1, 0.15) is 11.1 Å². The zero-order valence-electron chi connectivity index (χ0n) is 9.02. The Morgan fingerprint density at radius 1 is 1.06 bits per heavy atom. The summed E-state index contributed by atoms with van der Waals surface area (Å²) in [4.78, 5) is 16.7. The summed E-state index contributed by atoms with van der Waals surface area (Å²) in [7, 11) is 0. The summed E-state index contributed by atoms with van der Waals surface area (Å²) < 4.78 is 0.151. The highest BCUT2D eigenvalue weighted by Gasteiger charge is 2.09. The molecule has 0 aliphatic rings. The SMILES string of the molecule is N#Cc1ccc(-c2[nH]c(=S)[nH]c(=O)c2C#N)cc1. The molecule has 1 aromatic heterocycles. The first kappa shape index (κ1) is 11.8. The van der Waals surface area contributed by atoms with Crippen LogP contribution < -0.4 is 5.56 Å². The second-order valence-corrected chi connectivity index (χ2v) is 3.87. The molecule has 2 aromatic rings. The number of nitriles is 2. The van der Waals surface area contributed by atoms with Crippen molar-refractivity contribution in [1.82, 2.24) is 9.97 Å². The normalized spacial score (nSPS) is 9.44. The van der Waals surface area contributed by atoms with Crippen LogP contribution in [0.2, 0.25) is 0 Å². The number of nitrogens with one attached hydrogen (secondary N) is 2. The van der Waals surface area contributed by atoms with E-state index in [1.165, 1.54) is 0 Å². The molecule has 1 heterocycles. The van der Waals surface area contributed by atoms with Gasteiger partial charge >= 0.3 is 0 Å². The lowest BCUT2D eigenvalue weighted by molar-refractivity contribution is 1.08. The van der Waals surface area contributed by atoms with Crippen molar-refractivity contribution in [2.75, 3.05) is 0 Å². The van der Waals surface area contributed by atoms with Gasteiger partial charge in [0.15, 0.2) is 4.77 Å². The minimum atomic E-state index is -0.527. The first-order valence-electron chi connectivity index (χ1n) is 4.93. The van der Waals surface area contributed by atoms with E-state index >= 15 is 0 Å². The average Bonchev–Trinajstić information content (AvgIpc) is 2.38. The van der Waals surface area contributed by atoms with Crippen LogP contribution in [-0.2, 0) is 0 Å². The molecule has 18 heavy (non-hydrogen) atoms. The zero-order chi connectivity index (χ0) is 13.1. The van der Waals surface area contributed by atoms with Crippen LogP contribution in [0.3, 0.4) is 0 Å². The highest BCUT2D eigenvalue weighted by molar-refractivity contribution is 7.71. The van der Waals surface area contributed by atoms with E-state index in [2.05, 4.69) is 9.97 Å². The summed E-state index contributed by atoms with van der Waals surface area (Å²) >= 11 is 4.87. The summed E-state index contributed by atoms with van der Waals surface area (Å²) in [5.41, 5.74) is 0.924. The van der Waals surface area contributed by atoms with Crippen molar-refractivity contribution < 1.29 is 0 Å². The van der Waals surface area contributed by atoms with E-state index < -0.39 is 5.56 Å². The van der Waals surface area contributed by atoms with Gasteiger partial charge in [-0.1, -0.05) is 12.1 Å². The standard InChI is InChI=1S/C12H6N4OS/c13-5-7-1-3-8(4-2-7)10-9(6-14)11(17)16-12(18)15-10/h1-4H,(H2,15,16,17,18). The molecular weight excluding hydrogens is 248 g/mol. The third kappa shape index (κ3) is 2.05. The van der Waals surface area contributed by atoms with Gasteiger partial charge in [0, 0.05) is 0 Å². The van der Waals surface area contributed by atoms with Crippen LogP contribution in [0, 0.1) is 27.4 Å². The van der Waals surface area contributed by atoms with Gasteiger partial charge in [-0.15, -0.1) is 0 Å². The Kier molecular flexibility index (Phi) is 3.05. The van der Waals surface area contributed by atoms with Gasteiger partial charge in [-0.25, -0.2) is 0 Å². The number of benzene rings is 1. The fraction of sp³-hybridized carbons (Fsp3) is 0. The number of aromatic nitrogens is 2. The minimum Gasteiger partial charge on any atom is -0.331 e. The smallest absolute Gasteiger partial charge is 0.270 e. The molecule has 0 unspecified atom stereocenters.